The van der Waals surface area contributed by atoms with Gasteiger partial charge in [-0.25, -0.2) is 0 Å². The highest BCUT2D eigenvalue weighted by molar-refractivity contribution is 5.00. The molecule has 0 unspecified atom stereocenters. The van der Waals surface area contributed by atoms with Crippen molar-refractivity contribution in [3.8, 4) is 0 Å². The van der Waals surface area contributed by atoms with Crippen molar-refractivity contribution in [2.75, 3.05) is 6.54 Å². The zero-order chi connectivity index (χ0) is 12.6. The maximum absolute atomic E-state index is 3.75. The Kier molecular flexibility index (Phi) is 4.07. The molecular weight excluding hydrogens is 196 g/mol. The molecule has 1 aliphatic heterocycles. The Morgan fingerprint density at radius 3 is 1.88 bits per heavy atom. The van der Waals surface area contributed by atoms with E-state index in [9.17, 15) is 0 Å². The van der Waals surface area contributed by atoms with Crippen LogP contribution in [0, 0.1) is 0 Å². The fourth-order valence-corrected chi connectivity index (χ4v) is 3.55. The summed E-state index contributed by atoms with van der Waals surface area (Å²) in [6.45, 7) is 17.4. The van der Waals surface area contributed by atoms with Crippen molar-refractivity contribution in [2.24, 2.45) is 0 Å². The highest BCUT2D eigenvalue weighted by Crippen LogP contribution is 2.32. The molecule has 2 heteroatoms. The third-order valence-corrected chi connectivity index (χ3v) is 3.67. The number of rotatable bonds is 3. The van der Waals surface area contributed by atoms with E-state index >= 15 is 0 Å². The highest BCUT2D eigenvalue weighted by atomic mass is 15.2. The van der Waals surface area contributed by atoms with Gasteiger partial charge in [-0.1, -0.05) is 6.92 Å². The Hall–Kier alpha value is -0.0800. The van der Waals surface area contributed by atoms with Gasteiger partial charge in [0.1, 0.15) is 0 Å². The molecule has 0 aromatic rings. The lowest BCUT2D eigenvalue weighted by Gasteiger charge is -2.50. The largest absolute Gasteiger partial charge is 0.307 e. The van der Waals surface area contributed by atoms with Crippen molar-refractivity contribution in [1.29, 1.82) is 0 Å². The van der Waals surface area contributed by atoms with E-state index in [4.69, 9.17) is 0 Å². The Morgan fingerprint density at radius 1 is 1.12 bits per heavy atom. The van der Waals surface area contributed by atoms with Crippen LogP contribution < -0.4 is 5.32 Å². The van der Waals surface area contributed by atoms with E-state index in [2.05, 4.69) is 58.7 Å². The van der Waals surface area contributed by atoms with Crippen LogP contribution in [0.15, 0.2) is 0 Å². The van der Waals surface area contributed by atoms with Crippen LogP contribution in [0.2, 0.25) is 0 Å². The molecule has 0 saturated carbocycles. The second-order valence-electron chi connectivity index (χ2n) is 6.88. The van der Waals surface area contributed by atoms with Crippen LogP contribution in [0.3, 0.4) is 0 Å². The standard InChI is InChI=1S/C14H30N2/c1-8-16(11(2)3)12-9-13(4,5)15-14(6,7)10-12/h11-12,15H,8-10H2,1-7H3. The highest BCUT2D eigenvalue weighted by Gasteiger charge is 2.39. The molecule has 16 heavy (non-hydrogen) atoms. The molecule has 1 N–H and O–H groups in total. The Morgan fingerprint density at radius 2 is 1.56 bits per heavy atom. The van der Waals surface area contributed by atoms with Crippen LogP contribution in [-0.2, 0) is 0 Å². The molecule has 0 spiro atoms. The van der Waals surface area contributed by atoms with E-state index in [0.717, 1.165) is 12.6 Å². The monoisotopic (exact) mass is 226 g/mol. The molecule has 0 amide bonds. The van der Waals surface area contributed by atoms with Crippen molar-refractivity contribution in [1.82, 2.24) is 10.2 Å². The van der Waals surface area contributed by atoms with E-state index < -0.39 is 0 Å². The fourth-order valence-electron chi connectivity index (χ4n) is 3.55. The van der Waals surface area contributed by atoms with Crippen molar-refractivity contribution in [3.05, 3.63) is 0 Å². The van der Waals surface area contributed by atoms with E-state index in [1.807, 2.05) is 0 Å². The van der Waals surface area contributed by atoms with Crippen molar-refractivity contribution in [2.45, 2.75) is 84.5 Å². The molecule has 1 fully saturated rings. The first kappa shape index (κ1) is 14.0. The summed E-state index contributed by atoms with van der Waals surface area (Å²) >= 11 is 0. The van der Waals surface area contributed by atoms with Gasteiger partial charge in [0.25, 0.3) is 0 Å². The topological polar surface area (TPSA) is 15.3 Å². The SMILES string of the molecule is CCN(C(C)C)C1CC(C)(C)NC(C)(C)C1. The van der Waals surface area contributed by atoms with Gasteiger partial charge in [0, 0.05) is 23.2 Å². The summed E-state index contributed by atoms with van der Waals surface area (Å²) < 4.78 is 0. The quantitative estimate of drug-likeness (QED) is 0.796. The zero-order valence-corrected chi connectivity index (χ0v) is 12.2. The first-order chi connectivity index (χ1) is 7.17. The maximum atomic E-state index is 3.75. The second-order valence-corrected chi connectivity index (χ2v) is 6.88. The van der Waals surface area contributed by atoms with Crippen molar-refractivity contribution >= 4 is 0 Å². The van der Waals surface area contributed by atoms with Gasteiger partial charge in [-0.15, -0.1) is 0 Å². The van der Waals surface area contributed by atoms with Crippen LogP contribution in [0.4, 0.5) is 0 Å². The molecule has 0 aromatic carbocycles. The minimum Gasteiger partial charge on any atom is -0.307 e. The van der Waals surface area contributed by atoms with E-state index in [0.29, 0.717) is 6.04 Å². The molecule has 0 bridgehead atoms. The van der Waals surface area contributed by atoms with Crippen LogP contribution in [0.1, 0.15) is 61.3 Å². The normalized spacial score (nSPS) is 25.3. The summed E-state index contributed by atoms with van der Waals surface area (Å²) in [5.41, 5.74) is 0.517. The molecule has 1 rings (SSSR count). The summed E-state index contributed by atoms with van der Waals surface area (Å²) in [6.07, 6.45) is 2.50. The molecule has 0 atom stereocenters. The van der Waals surface area contributed by atoms with Crippen LogP contribution >= 0.6 is 0 Å². The summed E-state index contributed by atoms with van der Waals surface area (Å²) in [4.78, 5) is 2.64. The number of piperidine rings is 1. The van der Waals surface area contributed by atoms with E-state index in [1.54, 1.807) is 0 Å². The van der Waals surface area contributed by atoms with Gasteiger partial charge in [-0.05, 0) is 60.9 Å². The molecule has 0 aliphatic carbocycles. The lowest BCUT2D eigenvalue weighted by atomic mass is 9.78. The van der Waals surface area contributed by atoms with Crippen molar-refractivity contribution < 1.29 is 0 Å². The van der Waals surface area contributed by atoms with Gasteiger partial charge in [0.2, 0.25) is 0 Å². The van der Waals surface area contributed by atoms with Crippen LogP contribution in [0.25, 0.3) is 0 Å². The molecule has 0 radical (unpaired) electrons. The minimum atomic E-state index is 0.259. The number of nitrogens with one attached hydrogen (secondary N) is 1. The zero-order valence-electron chi connectivity index (χ0n) is 12.2. The van der Waals surface area contributed by atoms with Crippen LogP contribution in [-0.4, -0.2) is 34.6 Å². The first-order valence-electron chi connectivity index (χ1n) is 6.72. The molecule has 1 heterocycles. The summed E-state index contributed by atoms with van der Waals surface area (Å²) in [5, 5.41) is 3.75. The van der Waals surface area contributed by atoms with E-state index in [-0.39, 0.29) is 11.1 Å². The summed E-state index contributed by atoms with van der Waals surface area (Å²) in [6, 6.07) is 1.37. The number of hydrogen-bond donors (Lipinski definition) is 1. The molecule has 96 valence electrons. The average Bonchev–Trinajstić information content (AvgIpc) is 1.97. The van der Waals surface area contributed by atoms with Crippen LogP contribution in [0.5, 0.6) is 0 Å². The van der Waals surface area contributed by atoms with Gasteiger partial charge in [-0.3, -0.25) is 4.90 Å². The van der Waals surface area contributed by atoms with Gasteiger partial charge in [0.05, 0.1) is 0 Å². The van der Waals surface area contributed by atoms with Crippen molar-refractivity contribution in [3.63, 3.8) is 0 Å². The molecule has 1 saturated heterocycles. The first-order valence-corrected chi connectivity index (χ1v) is 6.72. The Balaban J connectivity index is 2.80. The van der Waals surface area contributed by atoms with Gasteiger partial charge < -0.3 is 5.32 Å². The second kappa shape index (κ2) is 4.66. The molecule has 0 aromatic heterocycles. The number of hydrogen-bond acceptors (Lipinski definition) is 2. The minimum absolute atomic E-state index is 0.259. The molecule has 2 nitrogen and oxygen atoms in total. The van der Waals surface area contributed by atoms with Gasteiger partial charge in [-0.2, -0.15) is 0 Å². The van der Waals surface area contributed by atoms with E-state index in [1.165, 1.54) is 12.8 Å². The molecular formula is C14H30N2. The lowest BCUT2D eigenvalue weighted by molar-refractivity contribution is 0.0515. The third-order valence-electron chi connectivity index (χ3n) is 3.67. The predicted molar refractivity (Wildman–Crippen MR) is 71.8 cm³/mol. The Labute approximate surface area is 102 Å². The Bertz CT molecular complexity index is 215. The fraction of sp³-hybridized carbons (Fsp3) is 1.00. The smallest absolute Gasteiger partial charge is 0.0145 e. The lowest BCUT2D eigenvalue weighted by Crippen LogP contribution is -2.62. The third kappa shape index (κ3) is 3.46. The summed E-state index contributed by atoms with van der Waals surface area (Å²) in [5.74, 6) is 0. The van der Waals surface area contributed by atoms with Gasteiger partial charge in [0.15, 0.2) is 0 Å². The maximum Gasteiger partial charge on any atom is 0.0145 e. The predicted octanol–water partition coefficient (Wildman–Crippen LogP) is 3.03. The molecule has 1 aliphatic rings. The summed E-state index contributed by atoms with van der Waals surface area (Å²) in [7, 11) is 0. The average molecular weight is 226 g/mol. The van der Waals surface area contributed by atoms with Gasteiger partial charge >= 0.3 is 0 Å². The number of nitrogens with zero attached hydrogens (tertiary/aromatic N) is 1.